The SMILES string of the molecule is COCCNC(c1nc(C)cs1)c1c(C)nn(C)c1OC. The molecule has 0 fully saturated rings. The van der Waals surface area contributed by atoms with Gasteiger partial charge in [-0.05, 0) is 13.8 Å². The van der Waals surface area contributed by atoms with Crippen molar-refractivity contribution < 1.29 is 9.47 Å². The van der Waals surface area contributed by atoms with Gasteiger partial charge in [0, 0.05) is 31.8 Å². The summed E-state index contributed by atoms with van der Waals surface area (Å²) in [5.41, 5.74) is 3.00. The van der Waals surface area contributed by atoms with E-state index in [0.717, 1.165) is 34.4 Å². The third-order valence-electron chi connectivity index (χ3n) is 3.23. The molecule has 0 spiro atoms. The van der Waals surface area contributed by atoms with Crippen LogP contribution in [0.3, 0.4) is 0 Å². The Hall–Kier alpha value is -1.44. The van der Waals surface area contributed by atoms with Crippen molar-refractivity contribution in [2.24, 2.45) is 7.05 Å². The highest BCUT2D eigenvalue weighted by molar-refractivity contribution is 7.09. The minimum Gasteiger partial charge on any atom is -0.481 e. The number of ether oxygens (including phenoxy) is 2. The molecule has 1 atom stereocenters. The van der Waals surface area contributed by atoms with Crippen LogP contribution in [-0.2, 0) is 11.8 Å². The molecule has 0 saturated carbocycles. The van der Waals surface area contributed by atoms with Crippen LogP contribution in [0.4, 0.5) is 0 Å². The highest BCUT2D eigenvalue weighted by atomic mass is 32.1. The zero-order valence-corrected chi connectivity index (χ0v) is 14.0. The van der Waals surface area contributed by atoms with Gasteiger partial charge in [-0.3, -0.25) is 0 Å². The lowest BCUT2D eigenvalue weighted by Gasteiger charge is -2.17. The van der Waals surface area contributed by atoms with Crippen LogP contribution in [0, 0.1) is 13.8 Å². The van der Waals surface area contributed by atoms with E-state index in [4.69, 9.17) is 9.47 Å². The van der Waals surface area contributed by atoms with Crippen LogP contribution in [0.1, 0.15) is 28.0 Å². The molecule has 6 nitrogen and oxygen atoms in total. The summed E-state index contributed by atoms with van der Waals surface area (Å²) in [6, 6.07) is -0.0394. The number of thiazole rings is 1. The molecule has 1 unspecified atom stereocenters. The topological polar surface area (TPSA) is 61.2 Å². The van der Waals surface area contributed by atoms with Gasteiger partial charge in [0.05, 0.1) is 31.0 Å². The average molecular weight is 310 g/mol. The van der Waals surface area contributed by atoms with Crippen molar-refractivity contribution in [1.29, 1.82) is 0 Å². The second-order valence-electron chi connectivity index (χ2n) is 4.84. The van der Waals surface area contributed by atoms with Gasteiger partial charge < -0.3 is 14.8 Å². The lowest BCUT2D eigenvalue weighted by molar-refractivity contribution is 0.197. The van der Waals surface area contributed by atoms with Crippen molar-refractivity contribution in [1.82, 2.24) is 20.1 Å². The second kappa shape index (κ2) is 7.02. The van der Waals surface area contributed by atoms with Crippen LogP contribution in [-0.4, -0.2) is 42.1 Å². The summed E-state index contributed by atoms with van der Waals surface area (Å²) in [4.78, 5) is 4.61. The van der Waals surface area contributed by atoms with E-state index in [9.17, 15) is 0 Å². The molecule has 2 rings (SSSR count). The van der Waals surface area contributed by atoms with Gasteiger partial charge in [0.15, 0.2) is 0 Å². The molecule has 0 aliphatic rings. The molecule has 0 bridgehead atoms. The van der Waals surface area contributed by atoms with Gasteiger partial charge in [-0.2, -0.15) is 5.10 Å². The minimum absolute atomic E-state index is 0.0394. The van der Waals surface area contributed by atoms with Crippen molar-refractivity contribution in [2.45, 2.75) is 19.9 Å². The number of nitrogens with one attached hydrogen (secondary N) is 1. The van der Waals surface area contributed by atoms with E-state index in [1.807, 2.05) is 20.9 Å². The monoisotopic (exact) mass is 310 g/mol. The molecule has 0 saturated heterocycles. The predicted molar refractivity (Wildman–Crippen MR) is 83.1 cm³/mol. The van der Waals surface area contributed by atoms with Crippen LogP contribution in [0.5, 0.6) is 5.88 Å². The van der Waals surface area contributed by atoms with Crippen LogP contribution < -0.4 is 10.1 Å². The Labute approximate surface area is 129 Å². The number of nitrogens with zero attached hydrogens (tertiary/aromatic N) is 3. The Balaban J connectivity index is 2.39. The maximum Gasteiger partial charge on any atom is 0.216 e. The zero-order chi connectivity index (χ0) is 15.4. The van der Waals surface area contributed by atoms with Crippen molar-refractivity contribution >= 4 is 11.3 Å². The number of aromatic nitrogens is 3. The van der Waals surface area contributed by atoms with E-state index in [-0.39, 0.29) is 6.04 Å². The fourth-order valence-corrected chi connectivity index (χ4v) is 3.23. The van der Waals surface area contributed by atoms with Gasteiger partial charge in [0.25, 0.3) is 0 Å². The van der Waals surface area contributed by atoms with Gasteiger partial charge in [-0.1, -0.05) is 0 Å². The van der Waals surface area contributed by atoms with E-state index in [0.29, 0.717) is 6.61 Å². The smallest absolute Gasteiger partial charge is 0.216 e. The van der Waals surface area contributed by atoms with Gasteiger partial charge >= 0.3 is 0 Å². The summed E-state index contributed by atoms with van der Waals surface area (Å²) in [6.07, 6.45) is 0. The molecule has 0 radical (unpaired) electrons. The third kappa shape index (κ3) is 3.42. The normalized spacial score (nSPS) is 12.6. The van der Waals surface area contributed by atoms with Gasteiger partial charge in [-0.25, -0.2) is 9.67 Å². The molecule has 116 valence electrons. The lowest BCUT2D eigenvalue weighted by atomic mass is 10.1. The van der Waals surface area contributed by atoms with Crippen molar-refractivity contribution in [3.63, 3.8) is 0 Å². The second-order valence-corrected chi connectivity index (χ2v) is 5.73. The maximum absolute atomic E-state index is 5.52. The number of aryl methyl sites for hydroxylation is 3. The fourth-order valence-electron chi connectivity index (χ4n) is 2.35. The maximum atomic E-state index is 5.52. The molecule has 0 aliphatic heterocycles. The lowest BCUT2D eigenvalue weighted by Crippen LogP contribution is -2.26. The van der Waals surface area contributed by atoms with E-state index in [1.165, 1.54) is 0 Å². The first-order chi connectivity index (χ1) is 10.1. The Kier molecular flexibility index (Phi) is 5.33. The van der Waals surface area contributed by atoms with Crippen LogP contribution >= 0.6 is 11.3 Å². The summed E-state index contributed by atoms with van der Waals surface area (Å²) in [5.74, 6) is 0.760. The molecule has 0 amide bonds. The first kappa shape index (κ1) is 15.9. The summed E-state index contributed by atoms with van der Waals surface area (Å²) in [7, 11) is 5.24. The standard InChI is InChI=1S/C14H22N4O2S/c1-9-8-21-13(16-9)12(15-6-7-19-4)11-10(2)17-18(3)14(11)20-5/h8,12,15H,6-7H2,1-5H3. The zero-order valence-electron chi connectivity index (χ0n) is 13.1. The van der Waals surface area contributed by atoms with Gasteiger partial charge in [0.2, 0.25) is 5.88 Å². The molecule has 0 aromatic carbocycles. The summed E-state index contributed by atoms with van der Waals surface area (Å²) in [6.45, 7) is 5.36. The van der Waals surface area contributed by atoms with Gasteiger partial charge in [-0.15, -0.1) is 11.3 Å². The largest absolute Gasteiger partial charge is 0.481 e. The predicted octanol–water partition coefficient (Wildman–Crippen LogP) is 1.83. The first-order valence-corrected chi connectivity index (χ1v) is 7.68. The molecular formula is C14H22N4O2S. The molecule has 2 aromatic rings. The van der Waals surface area contributed by atoms with Crippen LogP contribution in [0.2, 0.25) is 0 Å². The molecule has 0 aliphatic carbocycles. The molecular weight excluding hydrogens is 288 g/mol. The Morgan fingerprint density at radius 2 is 2.14 bits per heavy atom. The summed E-state index contributed by atoms with van der Waals surface area (Å²) >= 11 is 1.64. The Morgan fingerprint density at radius 3 is 2.71 bits per heavy atom. The minimum atomic E-state index is -0.0394. The molecule has 2 aromatic heterocycles. The Bertz CT molecular complexity index is 594. The highest BCUT2D eigenvalue weighted by Gasteiger charge is 2.26. The van der Waals surface area contributed by atoms with Crippen molar-refractivity contribution in [3.05, 3.63) is 27.3 Å². The molecule has 1 N–H and O–H groups in total. The van der Waals surface area contributed by atoms with E-state index in [1.54, 1.807) is 30.2 Å². The third-order valence-corrected chi connectivity index (χ3v) is 4.26. The van der Waals surface area contributed by atoms with Crippen LogP contribution in [0.15, 0.2) is 5.38 Å². The first-order valence-electron chi connectivity index (χ1n) is 6.80. The van der Waals surface area contributed by atoms with E-state index < -0.39 is 0 Å². The molecule has 21 heavy (non-hydrogen) atoms. The number of hydrogen-bond acceptors (Lipinski definition) is 6. The van der Waals surface area contributed by atoms with Crippen LogP contribution in [0.25, 0.3) is 0 Å². The number of methoxy groups -OCH3 is 2. The summed E-state index contributed by atoms with van der Waals surface area (Å²) < 4.78 is 12.4. The molecule has 2 heterocycles. The Morgan fingerprint density at radius 1 is 1.38 bits per heavy atom. The quantitative estimate of drug-likeness (QED) is 0.791. The van der Waals surface area contributed by atoms with Gasteiger partial charge in [0.1, 0.15) is 5.01 Å². The average Bonchev–Trinajstić information content (AvgIpc) is 2.98. The fraction of sp³-hybridized carbons (Fsp3) is 0.571. The van der Waals surface area contributed by atoms with E-state index in [2.05, 4.69) is 20.8 Å². The number of rotatable bonds is 7. The molecule has 7 heteroatoms. The highest BCUT2D eigenvalue weighted by Crippen LogP contribution is 2.33. The summed E-state index contributed by atoms with van der Waals surface area (Å²) in [5, 5.41) is 11.0. The number of hydrogen-bond donors (Lipinski definition) is 1. The van der Waals surface area contributed by atoms with E-state index >= 15 is 0 Å². The van der Waals surface area contributed by atoms with Crippen molar-refractivity contribution in [3.8, 4) is 5.88 Å². The van der Waals surface area contributed by atoms with Crippen molar-refractivity contribution in [2.75, 3.05) is 27.4 Å².